The molecule has 1 rings (SSSR count). The van der Waals surface area contributed by atoms with Crippen LogP contribution in [0.15, 0.2) is 24.3 Å². The molecular formula is C10H12NO7P. The van der Waals surface area contributed by atoms with Crippen molar-refractivity contribution in [1.82, 2.24) is 0 Å². The van der Waals surface area contributed by atoms with E-state index in [0.717, 1.165) is 0 Å². The van der Waals surface area contributed by atoms with Crippen LogP contribution in [-0.4, -0.2) is 26.8 Å². The van der Waals surface area contributed by atoms with Crippen molar-refractivity contribution < 1.29 is 28.8 Å². The number of carbonyl (C=O) groups excluding carboxylic acids is 1. The summed E-state index contributed by atoms with van der Waals surface area (Å²) >= 11 is 0. The molecule has 0 unspecified atom stereocenters. The smallest absolute Gasteiger partial charge is 0.325 e. The third-order valence-electron chi connectivity index (χ3n) is 2.11. The lowest BCUT2D eigenvalue weighted by molar-refractivity contribution is -0.384. The highest BCUT2D eigenvalue weighted by Gasteiger charge is 2.14. The lowest BCUT2D eigenvalue weighted by Crippen LogP contribution is -2.08. The van der Waals surface area contributed by atoms with Crippen LogP contribution in [0.3, 0.4) is 0 Å². The molecule has 1 aromatic rings. The van der Waals surface area contributed by atoms with Crippen molar-refractivity contribution in [3.8, 4) is 5.75 Å². The van der Waals surface area contributed by atoms with Crippen LogP contribution in [0.5, 0.6) is 5.75 Å². The number of carbonyl (C=O) groups is 1. The molecule has 104 valence electrons. The highest BCUT2D eigenvalue weighted by molar-refractivity contribution is 7.51. The molecule has 0 radical (unpaired) electrons. The molecule has 0 amide bonds. The van der Waals surface area contributed by atoms with E-state index in [1.165, 1.54) is 24.3 Å². The Kier molecular flexibility index (Phi) is 5.17. The minimum atomic E-state index is -4.10. The molecule has 0 aliphatic heterocycles. The van der Waals surface area contributed by atoms with Gasteiger partial charge in [0.15, 0.2) is 0 Å². The van der Waals surface area contributed by atoms with E-state index in [1.807, 2.05) is 0 Å². The Morgan fingerprint density at radius 2 is 1.89 bits per heavy atom. The van der Waals surface area contributed by atoms with Crippen molar-refractivity contribution in [3.05, 3.63) is 34.4 Å². The van der Waals surface area contributed by atoms with Gasteiger partial charge >= 0.3 is 13.6 Å². The van der Waals surface area contributed by atoms with Gasteiger partial charge in [-0.05, 0) is 18.6 Å². The fraction of sp³-hybridized carbons (Fsp3) is 0.300. The molecule has 0 aliphatic carbocycles. The third kappa shape index (κ3) is 6.10. The van der Waals surface area contributed by atoms with Crippen molar-refractivity contribution in [1.29, 1.82) is 0 Å². The standard InChI is InChI=1S/C10H12NO7P/c12-10(2-1-7-19(15,16)17)18-9-5-3-8(4-6-9)11(13)14/h3-6H,1-2,7H2,(H2,15,16,17). The van der Waals surface area contributed by atoms with Gasteiger partial charge in [-0.1, -0.05) is 0 Å². The minimum Gasteiger partial charge on any atom is -0.427 e. The number of ether oxygens (including phenoxy) is 1. The molecule has 0 atom stereocenters. The van der Waals surface area contributed by atoms with E-state index >= 15 is 0 Å². The molecule has 1 aromatic carbocycles. The molecule has 0 saturated carbocycles. The quantitative estimate of drug-likeness (QED) is 0.267. The molecule has 0 aliphatic rings. The van der Waals surface area contributed by atoms with Crippen molar-refractivity contribution in [2.24, 2.45) is 0 Å². The van der Waals surface area contributed by atoms with Crippen molar-refractivity contribution in [3.63, 3.8) is 0 Å². The van der Waals surface area contributed by atoms with Gasteiger partial charge in [-0.2, -0.15) is 0 Å². The van der Waals surface area contributed by atoms with Gasteiger partial charge in [-0.25, -0.2) is 0 Å². The van der Waals surface area contributed by atoms with Crippen molar-refractivity contribution in [2.75, 3.05) is 6.16 Å². The van der Waals surface area contributed by atoms with Gasteiger partial charge in [-0.15, -0.1) is 0 Å². The lowest BCUT2D eigenvalue weighted by atomic mass is 10.3. The number of esters is 1. The molecule has 19 heavy (non-hydrogen) atoms. The van der Waals surface area contributed by atoms with Gasteiger partial charge in [0.2, 0.25) is 0 Å². The van der Waals surface area contributed by atoms with E-state index in [0.29, 0.717) is 0 Å². The first kappa shape index (κ1) is 15.3. The van der Waals surface area contributed by atoms with Gasteiger partial charge in [-0.3, -0.25) is 19.5 Å². The maximum atomic E-state index is 11.3. The number of nitrogens with zero attached hydrogens (tertiary/aromatic N) is 1. The summed E-state index contributed by atoms with van der Waals surface area (Å²) < 4.78 is 15.4. The summed E-state index contributed by atoms with van der Waals surface area (Å²) in [5, 5.41) is 10.4. The fourth-order valence-corrected chi connectivity index (χ4v) is 1.82. The zero-order valence-corrected chi connectivity index (χ0v) is 10.7. The summed E-state index contributed by atoms with van der Waals surface area (Å²) in [4.78, 5) is 38.3. The van der Waals surface area contributed by atoms with Crippen molar-refractivity contribution >= 4 is 19.3 Å². The molecular weight excluding hydrogens is 277 g/mol. The first-order valence-corrected chi connectivity index (χ1v) is 7.07. The number of non-ortho nitro benzene ring substituents is 1. The van der Waals surface area contributed by atoms with Crippen molar-refractivity contribution in [2.45, 2.75) is 12.8 Å². The first-order valence-electron chi connectivity index (χ1n) is 5.27. The summed E-state index contributed by atoms with van der Waals surface area (Å²) in [6, 6.07) is 4.94. The van der Waals surface area contributed by atoms with Crippen LogP contribution >= 0.6 is 7.60 Å². The predicted octanol–water partition coefficient (Wildman–Crippen LogP) is 1.46. The summed E-state index contributed by atoms with van der Waals surface area (Å²) in [6.07, 6.45) is -0.513. The van der Waals surface area contributed by atoms with E-state index in [4.69, 9.17) is 14.5 Å². The molecule has 0 heterocycles. The number of nitro groups is 1. The summed E-state index contributed by atoms with van der Waals surface area (Å²) in [7, 11) is -4.10. The number of benzene rings is 1. The molecule has 0 saturated heterocycles. The van der Waals surface area contributed by atoms with E-state index in [-0.39, 0.29) is 30.4 Å². The zero-order valence-electron chi connectivity index (χ0n) is 9.76. The van der Waals surface area contributed by atoms with Gasteiger partial charge in [0, 0.05) is 18.6 Å². The fourth-order valence-electron chi connectivity index (χ4n) is 1.25. The zero-order chi connectivity index (χ0) is 14.5. The van der Waals surface area contributed by atoms with Crippen LogP contribution in [0, 0.1) is 10.1 Å². The average molecular weight is 289 g/mol. The maximum Gasteiger partial charge on any atom is 0.325 e. The third-order valence-corrected chi connectivity index (χ3v) is 3.01. The van der Waals surface area contributed by atoms with Crippen LogP contribution < -0.4 is 4.74 Å². The monoisotopic (exact) mass is 289 g/mol. The molecule has 9 heteroatoms. The molecule has 0 fully saturated rings. The molecule has 0 spiro atoms. The van der Waals surface area contributed by atoms with Crippen LogP contribution in [0.4, 0.5) is 5.69 Å². The Morgan fingerprint density at radius 3 is 2.37 bits per heavy atom. The summed E-state index contributed by atoms with van der Waals surface area (Å²) in [5.41, 5.74) is -0.124. The second-order valence-corrected chi connectivity index (χ2v) is 5.49. The molecule has 2 N–H and O–H groups in total. The molecule has 0 bridgehead atoms. The predicted molar refractivity (Wildman–Crippen MR) is 64.9 cm³/mol. The second-order valence-electron chi connectivity index (χ2n) is 3.72. The Labute approximate surface area is 108 Å². The Hall–Kier alpha value is -1.76. The van der Waals surface area contributed by atoms with E-state index in [1.54, 1.807) is 0 Å². The highest BCUT2D eigenvalue weighted by Crippen LogP contribution is 2.35. The highest BCUT2D eigenvalue weighted by atomic mass is 31.2. The Morgan fingerprint density at radius 1 is 1.32 bits per heavy atom. The minimum absolute atomic E-state index is 0.0100. The second kappa shape index (κ2) is 6.42. The van der Waals surface area contributed by atoms with Gasteiger partial charge in [0.05, 0.1) is 11.1 Å². The largest absolute Gasteiger partial charge is 0.427 e. The van der Waals surface area contributed by atoms with Crippen LogP contribution in [0.25, 0.3) is 0 Å². The van der Waals surface area contributed by atoms with E-state index in [2.05, 4.69) is 0 Å². The number of nitro benzene ring substituents is 1. The normalized spacial score (nSPS) is 11.1. The SMILES string of the molecule is O=C(CCCP(=O)(O)O)Oc1ccc([N+](=O)[O-])cc1. The number of hydrogen-bond donors (Lipinski definition) is 2. The van der Waals surface area contributed by atoms with Gasteiger partial charge in [0.1, 0.15) is 5.75 Å². The van der Waals surface area contributed by atoms with Gasteiger partial charge in [0.25, 0.3) is 5.69 Å². The Balaban J connectivity index is 2.44. The van der Waals surface area contributed by atoms with Crippen LogP contribution in [0.1, 0.15) is 12.8 Å². The average Bonchev–Trinajstić information content (AvgIpc) is 2.27. The molecule has 8 nitrogen and oxygen atoms in total. The lowest BCUT2D eigenvalue weighted by Gasteiger charge is -2.05. The topological polar surface area (TPSA) is 127 Å². The number of hydrogen-bond acceptors (Lipinski definition) is 5. The number of rotatable bonds is 6. The van der Waals surface area contributed by atoms with E-state index in [9.17, 15) is 19.5 Å². The first-order chi connectivity index (χ1) is 8.78. The van der Waals surface area contributed by atoms with Gasteiger partial charge < -0.3 is 14.5 Å². The molecule has 0 aromatic heterocycles. The Bertz CT molecular complexity index is 507. The summed E-state index contributed by atoms with van der Waals surface area (Å²) in [5.74, 6) is -0.505. The summed E-state index contributed by atoms with van der Waals surface area (Å²) in [6.45, 7) is 0. The van der Waals surface area contributed by atoms with E-state index < -0.39 is 18.5 Å². The van der Waals surface area contributed by atoms with Crippen LogP contribution in [0.2, 0.25) is 0 Å². The maximum absolute atomic E-state index is 11.3. The van der Waals surface area contributed by atoms with Crippen LogP contribution in [-0.2, 0) is 9.36 Å².